The summed E-state index contributed by atoms with van der Waals surface area (Å²) in [6.45, 7) is -1.72. The van der Waals surface area contributed by atoms with Crippen LogP contribution < -0.4 is 5.73 Å². The topological polar surface area (TPSA) is 69.4 Å². The number of hydrogen-bond donors (Lipinski definition) is 1. The van der Waals surface area contributed by atoms with Gasteiger partial charge in [-0.05, 0) is 67.6 Å². The van der Waals surface area contributed by atoms with Crippen LogP contribution in [0.5, 0.6) is 0 Å². The van der Waals surface area contributed by atoms with E-state index in [9.17, 15) is 47.9 Å². The highest BCUT2D eigenvalue weighted by atomic mass is 32.2. The van der Waals surface area contributed by atoms with E-state index in [-0.39, 0.29) is 36.1 Å². The second-order valence-corrected chi connectivity index (χ2v) is 12.3. The molecule has 0 spiro atoms. The van der Waals surface area contributed by atoms with E-state index in [1.54, 1.807) is 0 Å². The molecule has 0 atom stereocenters. The van der Waals surface area contributed by atoms with Gasteiger partial charge in [0.1, 0.15) is 22.2 Å². The Morgan fingerprint density at radius 1 is 0.786 bits per heavy atom. The molecule has 4 nitrogen and oxygen atoms in total. The average molecular weight is 626 g/mol. The number of benzene rings is 3. The molecule has 0 radical (unpaired) electrons. The molecule has 1 saturated carbocycles. The molecular formula is C28H24F9NO3S. The minimum absolute atomic E-state index is 0.110. The van der Waals surface area contributed by atoms with Gasteiger partial charge < -0.3 is 10.5 Å². The molecule has 1 aliphatic carbocycles. The Hall–Kier alpha value is -3.10. The SMILES string of the molecule is N[C@H]1CC[C@](c2ccc(C(OCc3c(F)cccc3F)(C(F)(F)F)C(F)(F)F)cc2)(S(=O)(=O)c2ccc(F)cc2)CC1. The van der Waals surface area contributed by atoms with Crippen LogP contribution in [0.25, 0.3) is 0 Å². The first-order valence-electron chi connectivity index (χ1n) is 12.5. The van der Waals surface area contributed by atoms with Crippen LogP contribution >= 0.6 is 0 Å². The van der Waals surface area contributed by atoms with Crippen molar-refractivity contribution >= 4 is 9.84 Å². The van der Waals surface area contributed by atoms with Crippen LogP contribution in [0.15, 0.2) is 71.6 Å². The number of nitrogens with two attached hydrogens (primary N) is 1. The van der Waals surface area contributed by atoms with Crippen LogP contribution in [-0.4, -0.2) is 26.8 Å². The lowest BCUT2D eigenvalue weighted by Crippen LogP contribution is -2.56. The first kappa shape index (κ1) is 31.8. The smallest absolute Gasteiger partial charge is 0.349 e. The summed E-state index contributed by atoms with van der Waals surface area (Å²) in [6, 6.07) is 8.16. The number of ether oxygens (including phenoxy) is 1. The largest absolute Gasteiger partial charge is 0.430 e. The van der Waals surface area contributed by atoms with Gasteiger partial charge in [0, 0.05) is 17.2 Å². The van der Waals surface area contributed by atoms with E-state index in [0.29, 0.717) is 24.3 Å². The molecule has 42 heavy (non-hydrogen) atoms. The highest BCUT2D eigenvalue weighted by molar-refractivity contribution is 7.92. The Morgan fingerprint density at radius 2 is 1.29 bits per heavy atom. The molecule has 2 N–H and O–H groups in total. The van der Waals surface area contributed by atoms with Gasteiger partial charge in [0.05, 0.1) is 11.5 Å². The third-order valence-corrected chi connectivity index (χ3v) is 10.2. The first-order chi connectivity index (χ1) is 19.5. The lowest BCUT2D eigenvalue weighted by Gasteiger charge is -2.40. The van der Waals surface area contributed by atoms with Gasteiger partial charge in [-0.1, -0.05) is 30.3 Å². The fourth-order valence-corrected chi connectivity index (χ4v) is 7.42. The predicted octanol–water partition coefficient (Wildman–Crippen LogP) is 7.21. The summed E-state index contributed by atoms with van der Waals surface area (Å²) in [6.07, 6.45) is -12.2. The Labute approximate surface area is 235 Å². The molecule has 0 aromatic heterocycles. The second kappa shape index (κ2) is 11.2. The minimum atomic E-state index is -6.16. The zero-order chi connectivity index (χ0) is 31.1. The molecule has 0 heterocycles. The summed E-state index contributed by atoms with van der Waals surface area (Å²) in [5.41, 5.74) is -1.81. The number of sulfone groups is 1. The van der Waals surface area contributed by atoms with Gasteiger partial charge in [0.2, 0.25) is 0 Å². The fraction of sp³-hybridized carbons (Fsp3) is 0.357. The van der Waals surface area contributed by atoms with Crippen molar-refractivity contribution in [3.05, 3.63) is 101 Å². The van der Waals surface area contributed by atoms with Crippen LogP contribution in [0.2, 0.25) is 0 Å². The molecule has 0 amide bonds. The van der Waals surface area contributed by atoms with Crippen molar-refractivity contribution in [1.82, 2.24) is 0 Å². The summed E-state index contributed by atoms with van der Waals surface area (Å²) >= 11 is 0. The lowest BCUT2D eigenvalue weighted by atomic mass is 9.80. The van der Waals surface area contributed by atoms with Gasteiger partial charge in [0.15, 0.2) is 9.84 Å². The van der Waals surface area contributed by atoms with Crippen molar-refractivity contribution in [2.45, 2.75) is 65.9 Å². The molecule has 0 unspecified atom stereocenters. The van der Waals surface area contributed by atoms with E-state index < -0.39 is 73.8 Å². The summed E-state index contributed by atoms with van der Waals surface area (Å²) in [4.78, 5) is -0.293. The maximum absolute atomic E-state index is 14.3. The third-order valence-electron chi connectivity index (χ3n) is 7.59. The summed E-state index contributed by atoms with van der Waals surface area (Å²) in [5, 5.41) is 0. The summed E-state index contributed by atoms with van der Waals surface area (Å²) in [5.74, 6) is -3.54. The van der Waals surface area contributed by atoms with Crippen LogP contribution in [0.3, 0.4) is 0 Å². The number of halogens is 9. The number of rotatable bonds is 7. The van der Waals surface area contributed by atoms with Crippen LogP contribution in [0, 0.1) is 17.5 Å². The van der Waals surface area contributed by atoms with Crippen molar-refractivity contribution in [1.29, 1.82) is 0 Å². The molecule has 0 aliphatic heterocycles. The molecule has 0 saturated heterocycles. The van der Waals surface area contributed by atoms with E-state index in [1.165, 1.54) is 0 Å². The average Bonchev–Trinajstić information content (AvgIpc) is 2.90. The summed E-state index contributed by atoms with van der Waals surface area (Å²) < 4.78 is 158. The van der Waals surface area contributed by atoms with E-state index in [4.69, 9.17) is 5.73 Å². The number of hydrogen-bond acceptors (Lipinski definition) is 4. The predicted molar refractivity (Wildman–Crippen MR) is 133 cm³/mol. The fourth-order valence-electron chi connectivity index (χ4n) is 5.25. The normalized spacial score (nSPS) is 20.5. The first-order valence-corrected chi connectivity index (χ1v) is 14.0. The van der Waals surface area contributed by atoms with Crippen molar-refractivity contribution in [3.8, 4) is 0 Å². The molecule has 0 bridgehead atoms. The van der Waals surface area contributed by atoms with Crippen LogP contribution in [0.1, 0.15) is 42.4 Å². The van der Waals surface area contributed by atoms with Crippen molar-refractivity contribution < 1.29 is 52.7 Å². The van der Waals surface area contributed by atoms with Crippen LogP contribution in [0.4, 0.5) is 39.5 Å². The van der Waals surface area contributed by atoms with Gasteiger partial charge >= 0.3 is 12.4 Å². The Balaban J connectivity index is 1.84. The Bertz CT molecular complexity index is 1480. The third kappa shape index (κ3) is 5.39. The van der Waals surface area contributed by atoms with Gasteiger partial charge in [-0.25, -0.2) is 21.6 Å². The Morgan fingerprint density at radius 3 is 1.76 bits per heavy atom. The van der Waals surface area contributed by atoms with Gasteiger partial charge in [-0.15, -0.1) is 0 Å². The van der Waals surface area contributed by atoms with Crippen molar-refractivity contribution in [3.63, 3.8) is 0 Å². The highest BCUT2D eigenvalue weighted by Crippen LogP contribution is 2.54. The lowest BCUT2D eigenvalue weighted by molar-refractivity contribution is -0.392. The van der Waals surface area contributed by atoms with E-state index >= 15 is 0 Å². The van der Waals surface area contributed by atoms with E-state index in [2.05, 4.69) is 4.74 Å². The minimum Gasteiger partial charge on any atom is -0.349 e. The number of alkyl halides is 6. The molecule has 3 aromatic carbocycles. The summed E-state index contributed by atoms with van der Waals surface area (Å²) in [7, 11) is -4.36. The maximum atomic E-state index is 14.3. The Kier molecular flexibility index (Phi) is 8.48. The molecule has 1 aliphatic rings. The van der Waals surface area contributed by atoms with E-state index in [0.717, 1.165) is 42.5 Å². The molecule has 14 heteroatoms. The standard InChI is InChI=1S/C28H24F9NO3S/c29-19-8-10-21(11-9-19)42(39,40)25(14-12-20(38)13-15-25)17-4-6-18(7-5-17)26(27(32,33)34,28(35,36)37)41-16-22-23(30)2-1-3-24(22)31/h1-11,20H,12-16,38H2/t20-,25-. The monoisotopic (exact) mass is 625 g/mol. The van der Waals surface area contributed by atoms with Crippen LogP contribution in [-0.2, 0) is 31.5 Å². The van der Waals surface area contributed by atoms with Gasteiger partial charge in [-0.3, -0.25) is 0 Å². The molecular weight excluding hydrogens is 601 g/mol. The quantitative estimate of drug-likeness (QED) is 0.223. The molecule has 3 aromatic rings. The molecule has 4 rings (SSSR count). The van der Waals surface area contributed by atoms with E-state index in [1.807, 2.05) is 0 Å². The van der Waals surface area contributed by atoms with Crippen molar-refractivity contribution in [2.75, 3.05) is 0 Å². The zero-order valence-corrected chi connectivity index (χ0v) is 22.4. The van der Waals surface area contributed by atoms with Gasteiger partial charge in [0.25, 0.3) is 5.60 Å². The second-order valence-electron chi connectivity index (χ2n) is 10.0. The molecule has 1 fully saturated rings. The highest BCUT2D eigenvalue weighted by Gasteiger charge is 2.73. The maximum Gasteiger partial charge on any atom is 0.430 e. The molecule has 228 valence electrons. The van der Waals surface area contributed by atoms with Crippen molar-refractivity contribution in [2.24, 2.45) is 5.73 Å². The van der Waals surface area contributed by atoms with Gasteiger partial charge in [-0.2, -0.15) is 26.3 Å². The zero-order valence-electron chi connectivity index (χ0n) is 21.6.